The summed E-state index contributed by atoms with van der Waals surface area (Å²) in [5, 5.41) is 10.4. The Bertz CT molecular complexity index is 872. The van der Waals surface area contributed by atoms with E-state index in [0.29, 0.717) is 18.3 Å². The van der Waals surface area contributed by atoms with Gasteiger partial charge >= 0.3 is 0 Å². The first-order valence-corrected chi connectivity index (χ1v) is 9.32. The monoisotopic (exact) mass is 353 g/mol. The van der Waals surface area contributed by atoms with Gasteiger partial charge in [0.05, 0.1) is 10.8 Å². The quantitative estimate of drug-likeness (QED) is 0.710. The van der Waals surface area contributed by atoms with Gasteiger partial charge in [-0.05, 0) is 42.8 Å². The van der Waals surface area contributed by atoms with Crippen molar-refractivity contribution in [1.29, 1.82) is 0 Å². The molecule has 6 heteroatoms. The molecule has 1 aliphatic rings. The Labute approximate surface area is 150 Å². The van der Waals surface area contributed by atoms with Crippen LogP contribution in [-0.2, 0) is 0 Å². The lowest BCUT2D eigenvalue weighted by atomic mass is 9.97. The molecule has 0 unspecified atom stereocenters. The average Bonchev–Trinajstić information content (AvgIpc) is 3.33. The van der Waals surface area contributed by atoms with Gasteiger partial charge in [-0.25, -0.2) is 0 Å². The van der Waals surface area contributed by atoms with Gasteiger partial charge in [-0.2, -0.15) is 0 Å². The van der Waals surface area contributed by atoms with Gasteiger partial charge in [0.2, 0.25) is 5.89 Å². The lowest BCUT2D eigenvalue weighted by molar-refractivity contribution is 0.0697. The molecule has 0 N–H and O–H groups in total. The molecule has 1 aliphatic heterocycles. The zero-order valence-corrected chi connectivity index (χ0v) is 14.8. The van der Waals surface area contributed by atoms with E-state index < -0.39 is 0 Å². The van der Waals surface area contributed by atoms with Crippen LogP contribution in [0.4, 0.5) is 0 Å². The van der Waals surface area contributed by atoms with Gasteiger partial charge in [-0.15, -0.1) is 21.5 Å². The van der Waals surface area contributed by atoms with Gasteiger partial charge in [0.25, 0.3) is 11.8 Å². The van der Waals surface area contributed by atoms with E-state index in [1.165, 1.54) is 0 Å². The molecule has 128 valence electrons. The third-order valence-corrected chi connectivity index (χ3v) is 5.46. The molecule has 4 rings (SSSR count). The highest BCUT2D eigenvalue weighted by molar-refractivity contribution is 7.13. The Morgan fingerprint density at radius 2 is 2.12 bits per heavy atom. The first-order chi connectivity index (χ1) is 12.2. The maximum atomic E-state index is 12.9. The molecule has 0 bridgehead atoms. The van der Waals surface area contributed by atoms with Gasteiger partial charge in [-0.1, -0.05) is 24.3 Å². The number of likely N-dealkylation sites (tertiary alicyclic amines) is 1. The molecule has 0 saturated carbocycles. The summed E-state index contributed by atoms with van der Waals surface area (Å²) in [5.41, 5.74) is 1.78. The van der Waals surface area contributed by atoms with Crippen LogP contribution in [0.3, 0.4) is 0 Å². The maximum Gasteiger partial charge on any atom is 0.257 e. The number of hydrogen-bond donors (Lipinski definition) is 0. The highest BCUT2D eigenvalue weighted by atomic mass is 32.1. The number of nitrogens with zero attached hydrogens (tertiary/aromatic N) is 3. The largest absolute Gasteiger partial charge is 0.420 e. The third kappa shape index (κ3) is 3.22. The van der Waals surface area contributed by atoms with Crippen molar-refractivity contribution in [2.75, 3.05) is 13.1 Å². The van der Waals surface area contributed by atoms with E-state index >= 15 is 0 Å². The number of aryl methyl sites for hydroxylation is 1. The number of amides is 1. The fourth-order valence-corrected chi connectivity index (χ4v) is 3.89. The number of piperidine rings is 1. The van der Waals surface area contributed by atoms with Crippen molar-refractivity contribution in [1.82, 2.24) is 15.1 Å². The predicted octanol–water partition coefficient (Wildman–Crippen LogP) is 4.13. The molecule has 2 aromatic heterocycles. The first kappa shape index (κ1) is 16.0. The fourth-order valence-electron chi connectivity index (χ4n) is 3.25. The van der Waals surface area contributed by atoms with Crippen LogP contribution in [0.1, 0.15) is 40.6 Å². The summed E-state index contributed by atoms with van der Waals surface area (Å²) in [6.07, 6.45) is 1.91. The minimum atomic E-state index is 0.0841. The van der Waals surface area contributed by atoms with Crippen LogP contribution in [0.25, 0.3) is 10.8 Å². The topological polar surface area (TPSA) is 59.2 Å². The number of aromatic nitrogens is 2. The van der Waals surface area contributed by atoms with Gasteiger partial charge < -0.3 is 9.32 Å². The van der Waals surface area contributed by atoms with Crippen molar-refractivity contribution < 1.29 is 9.21 Å². The van der Waals surface area contributed by atoms with Gasteiger partial charge in [0.15, 0.2) is 0 Å². The summed E-state index contributed by atoms with van der Waals surface area (Å²) in [6.45, 7) is 3.37. The van der Waals surface area contributed by atoms with E-state index in [-0.39, 0.29) is 11.8 Å². The molecule has 0 radical (unpaired) electrons. The number of thiophene rings is 1. The normalized spacial score (nSPS) is 17.6. The average molecular weight is 353 g/mol. The molecular formula is C19H19N3O2S. The summed E-state index contributed by atoms with van der Waals surface area (Å²) in [7, 11) is 0. The molecule has 3 aromatic rings. The van der Waals surface area contributed by atoms with Crippen molar-refractivity contribution in [3.8, 4) is 10.8 Å². The summed E-state index contributed by atoms with van der Waals surface area (Å²) < 4.78 is 5.88. The number of rotatable bonds is 3. The molecular weight excluding hydrogens is 334 g/mol. The summed E-state index contributed by atoms with van der Waals surface area (Å²) >= 11 is 1.58. The van der Waals surface area contributed by atoms with Crippen molar-refractivity contribution in [3.63, 3.8) is 0 Å². The lowest BCUT2D eigenvalue weighted by Gasteiger charge is -2.31. The maximum absolute atomic E-state index is 12.9. The Hall–Kier alpha value is -2.47. The van der Waals surface area contributed by atoms with E-state index in [4.69, 9.17) is 4.42 Å². The molecule has 1 saturated heterocycles. The molecule has 1 aromatic carbocycles. The SMILES string of the molecule is Cc1ccccc1C(=O)N1CCC[C@@H](c2nnc(-c3cccs3)o2)C1. The molecule has 3 heterocycles. The first-order valence-electron chi connectivity index (χ1n) is 8.44. The van der Waals surface area contributed by atoms with E-state index in [0.717, 1.165) is 35.4 Å². The van der Waals surface area contributed by atoms with Crippen LogP contribution >= 0.6 is 11.3 Å². The highest BCUT2D eigenvalue weighted by Gasteiger charge is 2.29. The third-order valence-electron chi connectivity index (χ3n) is 4.61. The molecule has 25 heavy (non-hydrogen) atoms. The summed E-state index contributed by atoms with van der Waals surface area (Å²) in [4.78, 5) is 15.7. The van der Waals surface area contributed by atoms with E-state index in [9.17, 15) is 4.79 Å². The van der Waals surface area contributed by atoms with E-state index in [1.54, 1.807) is 11.3 Å². The Kier molecular flexibility index (Phi) is 4.36. The second-order valence-electron chi connectivity index (χ2n) is 6.33. The molecule has 5 nitrogen and oxygen atoms in total. The van der Waals surface area contributed by atoms with E-state index in [1.807, 2.05) is 53.6 Å². The van der Waals surface area contributed by atoms with Crippen LogP contribution in [0, 0.1) is 6.92 Å². The number of carbonyl (C=O) groups is 1. The van der Waals surface area contributed by atoms with Crippen LogP contribution in [-0.4, -0.2) is 34.1 Å². The van der Waals surface area contributed by atoms with Gasteiger partial charge in [0.1, 0.15) is 0 Å². The van der Waals surface area contributed by atoms with Crippen LogP contribution in [0.15, 0.2) is 46.2 Å². The second-order valence-corrected chi connectivity index (χ2v) is 7.28. The Morgan fingerprint density at radius 3 is 2.92 bits per heavy atom. The summed E-state index contributed by atoms with van der Waals surface area (Å²) in [5.74, 6) is 1.38. The molecule has 1 fully saturated rings. The highest BCUT2D eigenvalue weighted by Crippen LogP contribution is 2.30. The minimum Gasteiger partial charge on any atom is -0.420 e. The smallest absolute Gasteiger partial charge is 0.257 e. The van der Waals surface area contributed by atoms with Gasteiger partial charge in [-0.3, -0.25) is 4.79 Å². The molecule has 0 aliphatic carbocycles. The Balaban J connectivity index is 1.51. The number of carbonyl (C=O) groups excluding carboxylic acids is 1. The van der Waals surface area contributed by atoms with Crippen molar-refractivity contribution in [3.05, 3.63) is 58.8 Å². The minimum absolute atomic E-state index is 0.0841. The number of benzene rings is 1. The lowest BCUT2D eigenvalue weighted by Crippen LogP contribution is -2.39. The standard InChI is InChI=1S/C19H19N3O2S/c1-13-6-2-3-8-15(13)19(23)22-10-4-7-14(12-22)17-20-21-18(24-17)16-9-5-11-25-16/h2-3,5-6,8-9,11,14H,4,7,10,12H2,1H3/t14-/m1/s1. The van der Waals surface area contributed by atoms with Crippen molar-refractivity contribution in [2.45, 2.75) is 25.7 Å². The Morgan fingerprint density at radius 1 is 1.24 bits per heavy atom. The van der Waals surface area contributed by atoms with Crippen molar-refractivity contribution in [2.24, 2.45) is 0 Å². The zero-order chi connectivity index (χ0) is 17.2. The summed E-state index contributed by atoms with van der Waals surface area (Å²) in [6, 6.07) is 11.7. The van der Waals surface area contributed by atoms with Crippen LogP contribution < -0.4 is 0 Å². The number of hydrogen-bond acceptors (Lipinski definition) is 5. The van der Waals surface area contributed by atoms with E-state index in [2.05, 4.69) is 10.2 Å². The molecule has 0 spiro atoms. The second kappa shape index (κ2) is 6.80. The molecule has 1 atom stereocenters. The zero-order valence-electron chi connectivity index (χ0n) is 14.0. The van der Waals surface area contributed by atoms with Crippen LogP contribution in [0.5, 0.6) is 0 Å². The van der Waals surface area contributed by atoms with Gasteiger partial charge in [0, 0.05) is 18.7 Å². The predicted molar refractivity (Wildman–Crippen MR) is 96.7 cm³/mol. The fraction of sp³-hybridized carbons (Fsp3) is 0.316. The molecule has 1 amide bonds. The van der Waals surface area contributed by atoms with Crippen LogP contribution in [0.2, 0.25) is 0 Å². The van der Waals surface area contributed by atoms with Crippen molar-refractivity contribution >= 4 is 17.2 Å².